The lowest BCUT2D eigenvalue weighted by Gasteiger charge is -2.14. The quantitative estimate of drug-likeness (QED) is 0.853. The van der Waals surface area contributed by atoms with Crippen molar-refractivity contribution in [2.45, 2.75) is 19.4 Å². The molecule has 1 N–H and O–H groups in total. The van der Waals surface area contributed by atoms with Gasteiger partial charge in [0.15, 0.2) is 0 Å². The maximum atomic E-state index is 4.40. The molecule has 17 heavy (non-hydrogen) atoms. The van der Waals surface area contributed by atoms with E-state index in [0.717, 1.165) is 17.8 Å². The molecule has 0 aliphatic carbocycles. The summed E-state index contributed by atoms with van der Waals surface area (Å²) in [5.74, 6) is 0. The molecule has 2 aromatic heterocycles. The van der Waals surface area contributed by atoms with Crippen LogP contribution < -0.4 is 5.32 Å². The van der Waals surface area contributed by atoms with Crippen molar-refractivity contribution < 1.29 is 0 Å². The summed E-state index contributed by atoms with van der Waals surface area (Å²) in [5, 5.41) is 7.42. The van der Waals surface area contributed by atoms with Gasteiger partial charge in [0.2, 0.25) is 0 Å². The number of hydrogen-bond donors (Lipinski definition) is 1. The smallest absolute Gasteiger partial charge is 0.0759 e. The third-order valence-electron chi connectivity index (χ3n) is 2.70. The minimum Gasteiger partial charge on any atom is -0.311 e. The topological polar surface area (TPSA) is 55.6 Å². The summed E-state index contributed by atoms with van der Waals surface area (Å²) >= 11 is 0. The van der Waals surface area contributed by atoms with Gasteiger partial charge in [0, 0.05) is 19.4 Å². The maximum Gasteiger partial charge on any atom is 0.0759 e. The molecule has 0 fully saturated rings. The van der Waals surface area contributed by atoms with E-state index in [4.69, 9.17) is 0 Å². The molecular formula is C12H17N5. The van der Waals surface area contributed by atoms with Gasteiger partial charge in [-0.15, -0.1) is 0 Å². The standard InChI is InChI=1S/C12H17N5/c1-9-5-15-12(7-14-9)11(13-2)4-10-6-16-17(3)8-10/h5-8,11,13H,4H2,1-3H3. The molecule has 0 amide bonds. The molecule has 0 bridgehead atoms. The highest BCUT2D eigenvalue weighted by atomic mass is 15.2. The van der Waals surface area contributed by atoms with Crippen LogP contribution in [0.25, 0.3) is 0 Å². The minimum absolute atomic E-state index is 0.173. The first-order valence-electron chi connectivity index (χ1n) is 5.62. The molecule has 5 heteroatoms. The molecule has 0 aromatic carbocycles. The fraction of sp³-hybridized carbons (Fsp3) is 0.417. The first kappa shape index (κ1) is 11.7. The predicted octanol–water partition coefficient (Wildman–Crippen LogP) is 1.02. The zero-order valence-electron chi connectivity index (χ0n) is 10.4. The van der Waals surface area contributed by atoms with E-state index in [0.29, 0.717) is 0 Å². The van der Waals surface area contributed by atoms with Gasteiger partial charge in [-0.25, -0.2) is 0 Å². The van der Waals surface area contributed by atoms with Crippen LogP contribution in [0.3, 0.4) is 0 Å². The largest absolute Gasteiger partial charge is 0.311 e. The Morgan fingerprint density at radius 1 is 1.29 bits per heavy atom. The molecule has 2 heterocycles. The van der Waals surface area contributed by atoms with Crippen molar-refractivity contribution in [3.05, 3.63) is 41.7 Å². The summed E-state index contributed by atoms with van der Waals surface area (Å²) in [6.07, 6.45) is 8.38. The van der Waals surface area contributed by atoms with Gasteiger partial charge in [-0.3, -0.25) is 14.6 Å². The second-order valence-electron chi connectivity index (χ2n) is 4.15. The average Bonchev–Trinajstić information content (AvgIpc) is 2.73. The van der Waals surface area contributed by atoms with E-state index in [-0.39, 0.29) is 6.04 Å². The van der Waals surface area contributed by atoms with Crippen LogP contribution in [0.15, 0.2) is 24.8 Å². The summed E-state index contributed by atoms with van der Waals surface area (Å²) in [7, 11) is 3.85. The van der Waals surface area contributed by atoms with Crippen LogP contribution in [-0.4, -0.2) is 26.8 Å². The Kier molecular flexibility index (Phi) is 3.49. The first-order valence-corrected chi connectivity index (χ1v) is 5.62. The number of nitrogens with one attached hydrogen (secondary N) is 1. The highest BCUT2D eigenvalue weighted by molar-refractivity contribution is 5.13. The Balaban J connectivity index is 2.13. The molecule has 2 aromatic rings. The molecule has 0 aliphatic heterocycles. The number of rotatable bonds is 4. The van der Waals surface area contributed by atoms with E-state index in [9.17, 15) is 0 Å². The van der Waals surface area contributed by atoms with Crippen LogP contribution in [0.1, 0.15) is 23.0 Å². The van der Waals surface area contributed by atoms with Crippen molar-refractivity contribution in [2.24, 2.45) is 7.05 Å². The number of nitrogens with zero attached hydrogens (tertiary/aromatic N) is 4. The van der Waals surface area contributed by atoms with Crippen LogP contribution in [0, 0.1) is 6.92 Å². The van der Waals surface area contributed by atoms with Crippen molar-refractivity contribution in [1.82, 2.24) is 25.1 Å². The lowest BCUT2D eigenvalue weighted by molar-refractivity contribution is 0.572. The van der Waals surface area contributed by atoms with Gasteiger partial charge < -0.3 is 5.32 Å². The van der Waals surface area contributed by atoms with Gasteiger partial charge in [0.1, 0.15) is 0 Å². The Morgan fingerprint density at radius 3 is 2.65 bits per heavy atom. The Bertz CT molecular complexity index is 474. The zero-order valence-corrected chi connectivity index (χ0v) is 10.4. The van der Waals surface area contributed by atoms with E-state index in [1.165, 1.54) is 5.56 Å². The lowest BCUT2D eigenvalue weighted by atomic mass is 10.1. The van der Waals surface area contributed by atoms with E-state index < -0.39 is 0 Å². The summed E-state index contributed by atoms with van der Waals surface area (Å²) < 4.78 is 1.81. The summed E-state index contributed by atoms with van der Waals surface area (Å²) in [4.78, 5) is 8.67. The van der Waals surface area contributed by atoms with E-state index in [1.54, 1.807) is 6.20 Å². The second kappa shape index (κ2) is 5.05. The van der Waals surface area contributed by atoms with Crippen LogP contribution in [0.4, 0.5) is 0 Å². The van der Waals surface area contributed by atoms with Gasteiger partial charge in [-0.2, -0.15) is 5.10 Å². The number of aryl methyl sites for hydroxylation is 2. The monoisotopic (exact) mass is 231 g/mol. The molecular weight excluding hydrogens is 214 g/mol. The van der Waals surface area contributed by atoms with Gasteiger partial charge in [-0.1, -0.05) is 0 Å². The van der Waals surface area contributed by atoms with Crippen LogP contribution in [0.5, 0.6) is 0 Å². The van der Waals surface area contributed by atoms with Crippen LogP contribution >= 0.6 is 0 Å². The second-order valence-corrected chi connectivity index (χ2v) is 4.15. The van der Waals surface area contributed by atoms with Crippen molar-refractivity contribution >= 4 is 0 Å². The molecule has 0 saturated carbocycles. The van der Waals surface area contributed by atoms with Gasteiger partial charge >= 0.3 is 0 Å². The Hall–Kier alpha value is -1.75. The lowest BCUT2D eigenvalue weighted by Crippen LogP contribution is -2.20. The van der Waals surface area contributed by atoms with Crippen molar-refractivity contribution in [2.75, 3.05) is 7.05 Å². The fourth-order valence-electron chi connectivity index (χ4n) is 1.75. The molecule has 2 rings (SSSR count). The fourth-order valence-corrected chi connectivity index (χ4v) is 1.75. The molecule has 90 valence electrons. The first-order chi connectivity index (χ1) is 8.19. The van der Waals surface area contributed by atoms with E-state index in [1.807, 2.05) is 44.3 Å². The number of likely N-dealkylation sites (N-methyl/N-ethyl adjacent to an activating group) is 1. The Labute approximate surface area is 101 Å². The molecule has 0 aliphatic rings. The number of aromatic nitrogens is 4. The minimum atomic E-state index is 0.173. The Morgan fingerprint density at radius 2 is 2.12 bits per heavy atom. The van der Waals surface area contributed by atoms with Crippen LogP contribution in [0.2, 0.25) is 0 Å². The summed E-state index contributed by atoms with van der Waals surface area (Å²) in [5.41, 5.74) is 3.08. The highest BCUT2D eigenvalue weighted by Crippen LogP contribution is 2.14. The van der Waals surface area contributed by atoms with Gasteiger partial charge in [-0.05, 0) is 26.0 Å². The van der Waals surface area contributed by atoms with Gasteiger partial charge in [0.05, 0.1) is 29.8 Å². The third-order valence-corrected chi connectivity index (χ3v) is 2.70. The third kappa shape index (κ3) is 2.88. The zero-order chi connectivity index (χ0) is 12.3. The number of hydrogen-bond acceptors (Lipinski definition) is 4. The van der Waals surface area contributed by atoms with E-state index >= 15 is 0 Å². The maximum absolute atomic E-state index is 4.40. The normalized spacial score (nSPS) is 12.6. The van der Waals surface area contributed by atoms with E-state index in [2.05, 4.69) is 20.4 Å². The molecule has 0 spiro atoms. The SMILES string of the molecule is CNC(Cc1cnn(C)c1)c1cnc(C)cn1. The van der Waals surface area contributed by atoms with Crippen LogP contribution in [-0.2, 0) is 13.5 Å². The predicted molar refractivity (Wildman–Crippen MR) is 65.5 cm³/mol. The molecule has 1 atom stereocenters. The average molecular weight is 231 g/mol. The highest BCUT2D eigenvalue weighted by Gasteiger charge is 2.12. The molecule has 0 saturated heterocycles. The van der Waals surface area contributed by atoms with Gasteiger partial charge in [0.25, 0.3) is 0 Å². The van der Waals surface area contributed by atoms with Crippen molar-refractivity contribution in [3.8, 4) is 0 Å². The van der Waals surface area contributed by atoms with Crippen molar-refractivity contribution in [3.63, 3.8) is 0 Å². The molecule has 1 unspecified atom stereocenters. The summed E-state index contributed by atoms with van der Waals surface area (Å²) in [6, 6.07) is 0.173. The van der Waals surface area contributed by atoms with Crippen molar-refractivity contribution in [1.29, 1.82) is 0 Å². The molecule has 5 nitrogen and oxygen atoms in total. The molecule has 0 radical (unpaired) electrons. The summed E-state index contributed by atoms with van der Waals surface area (Å²) in [6.45, 7) is 1.94.